The average molecular weight is 242 g/mol. The molecule has 4 heteroatoms. The second kappa shape index (κ2) is 4.78. The second-order valence-electron chi connectivity index (χ2n) is 2.61. The summed E-state index contributed by atoms with van der Waals surface area (Å²) in [6.45, 7) is 5.69. The average Bonchev–Trinajstić information content (AvgIpc) is 2.47. The molecule has 0 N–H and O–H groups in total. The van der Waals surface area contributed by atoms with Gasteiger partial charge in [0.1, 0.15) is 0 Å². The smallest absolute Gasteiger partial charge is 1.00 e. The SMILES string of the molecule is C=Bc1[c-]cc2c(c1)COC2=O.[Rb+]. The van der Waals surface area contributed by atoms with Gasteiger partial charge in [0, 0.05) is 0 Å². The van der Waals surface area contributed by atoms with Crippen molar-refractivity contribution in [3.63, 3.8) is 0 Å². The molecular formula is C9H6BO2Rb. The second-order valence-corrected chi connectivity index (χ2v) is 2.61. The predicted octanol–water partition coefficient (Wildman–Crippen LogP) is -3.08. The van der Waals surface area contributed by atoms with Gasteiger partial charge in [0.25, 0.3) is 0 Å². The van der Waals surface area contributed by atoms with Crippen molar-refractivity contribution in [3.8, 4) is 0 Å². The summed E-state index contributed by atoms with van der Waals surface area (Å²) in [5.74, 6) is -0.253. The first kappa shape index (κ1) is 11.5. The minimum absolute atomic E-state index is 0. The van der Waals surface area contributed by atoms with Crippen LogP contribution in [0.2, 0.25) is 0 Å². The molecule has 1 aliphatic rings. The Morgan fingerprint density at radius 1 is 1.62 bits per heavy atom. The molecule has 0 aliphatic carbocycles. The molecule has 0 amide bonds. The summed E-state index contributed by atoms with van der Waals surface area (Å²) in [5.41, 5.74) is 2.45. The van der Waals surface area contributed by atoms with E-state index in [2.05, 4.69) is 12.5 Å². The predicted molar refractivity (Wildman–Crippen MR) is 46.9 cm³/mol. The number of rotatable bonds is 1. The normalized spacial score (nSPS) is 12.5. The van der Waals surface area contributed by atoms with Crippen LogP contribution in [-0.2, 0) is 11.3 Å². The van der Waals surface area contributed by atoms with E-state index in [0.717, 1.165) is 11.0 Å². The number of hydrogen-bond donors (Lipinski definition) is 0. The zero-order chi connectivity index (χ0) is 8.55. The first-order valence-electron chi connectivity index (χ1n) is 3.65. The Hall–Kier alpha value is 0.430. The maximum absolute atomic E-state index is 11.0. The van der Waals surface area contributed by atoms with Crippen LogP contribution in [0.15, 0.2) is 12.1 Å². The molecule has 0 fully saturated rings. The maximum atomic E-state index is 11.0. The Kier molecular flexibility index (Phi) is 4.23. The van der Waals surface area contributed by atoms with E-state index in [1.807, 2.05) is 6.07 Å². The first-order chi connectivity index (χ1) is 5.81. The monoisotopic (exact) mass is 242 g/mol. The van der Waals surface area contributed by atoms with Crippen LogP contribution in [0.1, 0.15) is 15.9 Å². The van der Waals surface area contributed by atoms with E-state index in [1.165, 1.54) is 0 Å². The van der Waals surface area contributed by atoms with Gasteiger partial charge in [0.05, 0.1) is 0 Å². The quantitative estimate of drug-likeness (QED) is 0.297. The molecule has 1 aliphatic heterocycles. The molecule has 13 heavy (non-hydrogen) atoms. The van der Waals surface area contributed by atoms with Gasteiger partial charge in [0.15, 0.2) is 0 Å². The zero-order valence-electron chi connectivity index (χ0n) is 7.46. The number of benzene rings is 1. The van der Waals surface area contributed by atoms with Crippen molar-refractivity contribution in [3.05, 3.63) is 29.3 Å². The molecule has 1 aromatic rings. The van der Waals surface area contributed by atoms with Gasteiger partial charge in [-0.05, 0) is 0 Å². The van der Waals surface area contributed by atoms with Crippen LogP contribution < -0.4 is 63.7 Å². The van der Waals surface area contributed by atoms with Crippen molar-refractivity contribution >= 4 is 24.8 Å². The minimum Gasteiger partial charge on any atom is 1.00 e. The number of hydrogen-bond acceptors (Lipinski definition) is 2. The van der Waals surface area contributed by atoms with Crippen molar-refractivity contribution in [2.24, 2.45) is 0 Å². The Labute approximate surface area is 126 Å². The van der Waals surface area contributed by atoms with Crippen LogP contribution in [0.5, 0.6) is 0 Å². The summed E-state index contributed by atoms with van der Waals surface area (Å²) in [7, 11) is 0. The van der Waals surface area contributed by atoms with Gasteiger partial charge in [-0.2, -0.15) is 0 Å². The van der Waals surface area contributed by atoms with Gasteiger partial charge >= 0.3 is 128 Å². The summed E-state index contributed by atoms with van der Waals surface area (Å²) in [5, 5.41) is 0. The number of carbonyl (C=O) groups excluding carboxylic acids is 1. The van der Waals surface area contributed by atoms with Gasteiger partial charge in [-0.25, -0.2) is 0 Å². The van der Waals surface area contributed by atoms with Gasteiger partial charge < -0.3 is 0 Å². The van der Waals surface area contributed by atoms with Gasteiger partial charge in [-0.1, -0.05) is 0 Å². The van der Waals surface area contributed by atoms with Crippen LogP contribution in [0.25, 0.3) is 0 Å². The van der Waals surface area contributed by atoms with Crippen molar-refractivity contribution in [1.82, 2.24) is 0 Å². The van der Waals surface area contributed by atoms with Gasteiger partial charge in [-0.3, -0.25) is 0 Å². The largest absolute Gasteiger partial charge is 1.00 e. The fraction of sp³-hybridized carbons (Fsp3) is 0.111. The van der Waals surface area contributed by atoms with Crippen molar-refractivity contribution in [2.75, 3.05) is 0 Å². The number of ether oxygens (including phenoxy) is 1. The maximum Gasteiger partial charge on any atom is 1.00 e. The van der Waals surface area contributed by atoms with E-state index in [9.17, 15) is 4.79 Å². The van der Waals surface area contributed by atoms with Crippen LogP contribution in [0.3, 0.4) is 0 Å². The topological polar surface area (TPSA) is 26.3 Å². The van der Waals surface area contributed by atoms with Crippen molar-refractivity contribution in [2.45, 2.75) is 6.61 Å². The fourth-order valence-electron chi connectivity index (χ4n) is 1.20. The number of fused-ring (bicyclic) bond motifs is 1. The number of esters is 1. The standard InChI is InChI=1S/C9H6BO2.Rb/c1-10-7-2-3-8-6(4-7)5-12-9(8)11;/h3-4H,1,5H2;/q-1;+1. The molecule has 0 atom stereocenters. The third-order valence-electron chi connectivity index (χ3n) is 1.86. The van der Waals surface area contributed by atoms with Crippen LogP contribution in [-0.4, -0.2) is 19.4 Å². The first-order valence-corrected chi connectivity index (χ1v) is 3.65. The van der Waals surface area contributed by atoms with E-state index in [1.54, 1.807) is 13.0 Å². The summed E-state index contributed by atoms with van der Waals surface area (Å²) in [6.07, 6.45) is 0. The van der Waals surface area contributed by atoms with E-state index in [0.29, 0.717) is 12.2 Å². The molecule has 58 valence electrons. The third kappa shape index (κ3) is 2.27. The summed E-state index contributed by atoms with van der Waals surface area (Å²) in [4.78, 5) is 11.0. The minimum atomic E-state index is -0.253. The summed E-state index contributed by atoms with van der Waals surface area (Å²) < 4.78 is 4.83. The summed E-state index contributed by atoms with van der Waals surface area (Å²) >= 11 is 0. The third-order valence-corrected chi connectivity index (χ3v) is 1.86. The molecule has 2 nitrogen and oxygen atoms in total. The molecule has 0 bridgehead atoms. The van der Waals surface area contributed by atoms with E-state index >= 15 is 0 Å². The van der Waals surface area contributed by atoms with Crippen molar-refractivity contribution < 1.29 is 67.7 Å². The van der Waals surface area contributed by atoms with Crippen LogP contribution >= 0.6 is 0 Å². The molecule has 1 heterocycles. The van der Waals surface area contributed by atoms with E-state index in [4.69, 9.17) is 4.74 Å². The molecule has 0 aromatic heterocycles. The van der Waals surface area contributed by atoms with Crippen molar-refractivity contribution in [1.29, 1.82) is 0 Å². The Bertz CT molecular complexity index is 363. The Balaban J connectivity index is 0.000000845. The van der Waals surface area contributed by atoms with Crippen LogP contribution in [0, 0.1) is 6.07 Å². The molecule has 0 saturated heterocycles. The van der Waals surface area contributed by atoms with Gasteiger partial charge in [0.2, 0.25) is 0 Å². The Morgan fingerprint density at radius 2 is 2.38 bits per heavy atom. The zero-order valence-corrected chi connectivity index (χ0v) is 12.4. The number of cyclic esters (lactones) is 1. The molecule has 0 saturated carbocycles. The molecule has 0 radical (unpaired) electrons. The number of carbonyl (C=O) groups is 1. The molecule has 1 aromatic carbocycles. The molecular weight excluding hydrogens is 236 g/mol. The molecule has 2 rings (SSSR count). The van der Waals surface area contributed by atoms with E-state index < -0.39 is 0 Å². The Morgan fingerprint density at radius 3 is 3.08 bits per heavy atom. The van der Waals surface area contributed by atoms with E-state index in [-0.39, 0.29) is 64.2 Å². The van der Waals surface area contributed by atoms with Gasteiger partial charge in [-0.15, -0.1) is 0 Å². The molecule has 0 unspecified atom stereocenters. The van der Waals surface area contributed by atoms with Crippen LogP contribution in [0.4, 0.5) is 0 Å². The fourth-order valence-corrected chi connectivity index (χ4v) is 1.20. The molecule has 0 spiro atoms. The summed E-state index contributed by atoms with van der Waals surface area (Å²) in [6, 6.07) is 6.45.